The van der Waals surface area contributed by atoms with Crippen LogP contribution in [-0.2, 0) is 16.6 Å². The van der Waals surface area contributed by atoms with E-state index in [9.17, 15) is 8.42 Å². The number of sulfonamides is 1. The fourth-order valence-corrected chi connectivity index (χ4v) is 4.71. The molecule has 20 heavy (non-hydrogen) atoms. The van der Waals surface area contributed by atoms with Crippen LogP contribution in [-0.4, -0.2) is 21.5 Å². The molecule has 0 atom stereocenters. The van der Waals surface area contributed by atoms with E-state index < -0.39 is 10.0 Å². The van der Waals surface area contributed by atoms with Crippen LogP contribution in [0.1, 0.15) is 44.6 Å². The summed E-state index contributed by atoms with van der Waals surface area (Å²) in [7, 11) is -3.43. The first-order valence-corrected chi connectivity index (χ1v) is 9.37. The quantitative estimate of drug-likeness (QED) is 0.775. The second-order valence-corrected chi connectivity index (χ2v) is 8.46. The summed E-state index contributed by atoms with van der Waals surface area (Å²) in [5.41, 5.74) is 0.795. The molecule has 0 amide bonds. The van der Waals surface area contributed by atoms with Crippen molar-refractivity contribution < 1.29 is 8.42 Å². The number of aryl methyl sites for hydroxylation is 1. The van der Waals surface area contributed by atoms with Crippen LogP contribution in [0.25, 0.3) is 0 Å². The normalized spacial score (nSPS) is 12.8. The van der Waals surface area contributed by atoms with Gasteiger partial charge in [-0.25, -0.2) is 13.1 Å². The molecule has 0 aliphatic rings. The van der Waals surface area contributed by atoms with Gasteiger partial charge in [-0.05, 0) is 36.2 Å². The van der Waals surface area contributed by atoms with Crippen molar-refractivity contribution in [2.45, 2.75) is 52.5 Å². The van der Waals surface area contributed by atoms with Crippen molar-refractivity contribution in [3.05, 3.63) is 15.8 Å². The molecule has 0 bridgehead atoms. The minimum Gasteiger partial charge on any atom is -0.312 e. The SMILES string of the molecule is CCNCc1scc(C)c1S(=O)(=O)NCC(C)(C)CC. The molecule has 1 rings (SSSR count). The average molecular weight is 319 g/mol. The molecule has 6 heteroatoms. The molecule has 0 saturated carbocycles. The molecule has 0 saturated heterocycles. The number of nitrogens with one attached hydrogen (secondary N) is 2. The zero-order valence-electron chi connectivity index (χ0n) is 13.0. The number of thiophene rings is 1. The topological polar surface area (TPSA) is 58.2 Å². The van der Waals surface area contributed by atoms with Crippen LogP contribution in [0.2, 0.25) is 0 Å². The van der Waals surface area contributed by atoms with Crippen LogP contribution in [0.4, 0.5) is 0 Å². The van der Waals surface area contributed by atoms with Gasteiger partial charge in [-0.3, -0.25) is 0 Å². The highest BCUT2D eigenvalue weighted by Crippen LogP contribution is 2.27. The minimum absolute atomic E-state index is 0.0289. The highest BCUT2D eigenvalue weighted by Gasteiger charge is 2.25. The van der Waals surface area contributed by atoms with Gasteiger partial charge in [-0.15, -0.1) is 11.3 Å². The van der Waals surface area contributed by atoms with Gasteiger partial charge in [0.2, 0.25) is 10.0 Å². The summed E-state index contributed by atoms with van der Waals surface area (Å²) in [4.78, 5) is 1.33. The van der Waals surface area contributed by atoms with Crippen LogP contribution < -0.4 is 10.0 Å². The Balaban J connectivity index is 2.95. The van der Waals surface area contributed by atoms with Gasteiger partial charge >= 0.3 is 0 Å². The summed E-state index contributed by atoms with van der Waals surface area (Å²) in [6.45, 7) is 11.9. The van der Waals surface area contributed by atoms with Gasteiger partial charge in [0.15, 0.2) is 0 Å². The second-order valence-electron chi connectivity index (χ2n) is 5.79. The summed E-state index contributed by atoms with van der Waals surface area (Å²) in [5.74, 6) is 0. The van der Waals surface area contributed by atoms with Crippen molar-refractivity contribution >= 4 is 21.4 Å². The molecule has 0 radical (unpaired) electrons. The van der Waals surface area contributed by atoms with Crippen LogP contribution >= 0.6 is 11.3 Å². The zero-order valence-corrected chi connectivity index (χ0v) is 14.7. The van der Waals surface area contributed by atoms with Gasteiger partial charge in [0.05, 0.1) is 0 Å². The first-order chi connectivity index (χ1) is 9.23. The highest BCUT2D eigenvalue weighted by molar-refractivity contribution is 7.89. The molecule has 0 fully saturated rings. The second kappa shape index (κ2) is 7.02. The van der Waals surface area contributed by atoms with Crippen LogP contribution in [0.15, 0.2) is 10.3 Å². The maximum absolute atomic E-state index is 12.5. The van der Waals surface area contributed by atoms with Gasteiger partial charge in [0, 0.05) is 18.0 Å². The molecule has 0 aliphatic carbocycles. The monoisotopic (exact) mass is 318 g/mol. The molecule has 116 valence electrons. The molecule has 0 spiro atoms. The Morgan fingerprint density at radius 2 is 1.95 bits per heavy atom. The molecular formula is C14H26N2O2S2. The third kappa shape index (κ3) is 4.55. The Labute approximate surface area is 127 Å². The minimum atomic E-state index is -3.43. The lowest BCUT2D eigenvalue weighted by atomic mass is 9.91. The van der Waals surface area contributed by atoms with E-state index in [1.807, 2.05) is 19.2 Å². The van der Waals surface area contributed by atoms with Crippen molar-refractivity contribution in [2.75, 3.05) is 13.1 Å². The lowest BCUT2D eigenvalue weighted by Gasteiger charge is -2.23. The highest BCUT2D eigenvalue weighted by atomic mass is 32.2. The lowest BCUT2D eigenvalue weighted by Crippen LogP contribution is -2.34. The molecule has 4 nitrogen and oxygen atoms in total. The third-order valence-corrected chi connectivity index (χ3v) is 6.36. The van der Waals surface area contributed by atoms with E-state index in [0.717, 1.165) is 23.4 Å². The molecule has 0 aromatic carbocycles. The first-order valence-electron chi connectivity index (χ1n) is 7.01. The molecule has 1 aromatic rings. The Bertz CT molecular complexity index is 533. The standard InChI is InChI=1S/C14H26N2O2S2/c1-6-14(4,5)10-16-20(17,18)13-11(3)9-19-12(13)8-15-7-2/h9,15-16H,6-8,10H2,1-5H3. The van der Waals surface area contributed by atoms with E-state index in [4.69, 9.17) is 0 Å². The Morgan fingerprint density at radius 3 is 2.50 bits per heavy atom. The molecule has 2 N–H and O–H groups in total. The molecular weight excluding hydrogens is 292 g/mol. The maximum atomic E-state index is 12.5. The fraction of sp³-hybridized carbons (Fsp3) is 0.714. The first kappa shape index (κ1) is 17.6. The van der Waals surface area contributed by atoms with E-state index in [1.165, 1.54) is 11.3 Å². The number of hydrogen-bond acceptors (Lipinski definition) is 4. The fourth-order valence-electron chi connectivity index (χ4n) is 1.70. The van der Waals surface area contributed by atoms with E-state index in [1.54, 1.807) is 0 Å². The largest absolute Gasteiger partial charge is 0.312 e. The van der Waals surface area contributed by atoms with Gasteiger partial charge in [-0.2, -0.15) is 0 Å². The van der Waals surface area contributed by atoms with Crippen molar-refractivity contribution in [3.63, 3.8) is 0 Å². The number of hydrogen-bond donors (Lipinski definition) is 2. The Hall–Kier alpha value is -0.430. The van der Waals surface area contributed by atoms with E-state index in [0.29, 0.717) is 18.0 Å². The number of rotatable bonds is 8. The summed E-state index contributed by atoms with van der Waals surface area (Å²) >= 11 is 1.50. The predicted octanol–water partition coefficient (Wildman–Crippen LogP) is 2.88. The molecule has 0 unspecified atom stereocenters. The lowest BCUT2D eigenvalue weighted by molar-refractivity contribution is 0.350. The van der Waals surface area contributed by atoms with Crippen molar-refractivity contribution in [2.24, 2.45) is 5.41 Å². The van der Waals surface area contributed by atoms with Crippen molar-refractivity contribution in [3.8, 4) is 0 Å². The van der Waals surface area contributed by atoms with Crippen molar-refractivity contribution in [1.82, 2.24) is 10.0 Å². The molecule has 1 heterocycles. The molecule has 1 aromatic heterocycles. The Kier molecular flexibility index (Phi) is 6.19. The van der Waals surface area contributed by atoms with Gasteiger partial charge in [-0.1, -0.05) is 27.7 Å². The van der Waals surface area contributed by atoms with Crippen LogP contribution in [0.5, 0.6) is 0 Å². The van der Waals surface area contributed by atoms with Crippen LogP contribution in [0.3, 0.4) is 0 Å². The zero-order chi connectivity index (χ0) is 15.4. The summed E-state index contributed by atoms with van der Waals surface area (Å²) in [5, 5.41) is 5.10. The summed E-state index contributed by atoms with van der Waals surface area (Å²) in [6, 6.07) is 0. The summed E-state index contributed by atoms with van der Waals surface area (Å²) in [6.07, 6.45) is 0.933. The van der Waals surface area contributed by atoms with Crippen molar-refractivity contribution in [1.29, 1.82) is 0 Å². The van der Waals surface area contributed by atoms with E-state index in [-0.39, 0.29) is 5.41 Å². The predicted molar refractivity (Wildman–Crippen MR) is 85.7 cm³/mol. The smallest absolute Gasteiger partial charge is 0.242 e. The van der Waals surface area contributed by atoms with E-state index in [2.05, 4.69) is 30.8 Å². The van der Waals surface area contributed by atoms with Crippen LogP contribution in [0, 0.1) is 12.3 Å². The van der Waals surface area contributed by atoms with Gasteiger partial charge in [0.1, 0.15) is 4.90 Å². The molecule has 0 aliphatic heterocycles. The van der Waals surface area contributed by atoms with Gasteiger partial charge in [0.25, 0.3) is 0 Å². The summed E-state index contributed by atoms with van der Waals surface area (Å²) < 4.78 is 27.8. The third-order valence-electron chi connectivity index (χ3n) is 3.49. The Morgan fingerprint density at radius 1 is 1.30 bits per heavy atom. The van der Waals surface area contributed by atoms with Gasteiger partial charge < -0.3 is 5.32 Å². The van der Waals surface area contributed by atoms with E-state index >= 15 is 0 Å². The maximum Gasteiger partial charge on any atom is 0.242 e. The average Bonchev–Trinajstić information content (AvgIpc) is 2.76.